The molecule has 1 aliphatic carbocycles. The summed E-state index contributed by atoms with van der Waals surface area (Å²) in [5.74, 6) is 0.480. The maximum atomic E-state index is 6.58. The summed E-state index contributed by atoms with van der Waals surface area (Å²) in [6, 6.07) is 60.7. The lowest BCUT2D eigenvalue weighted by Gasteiger charge is -2.29. The Bertz CT molecular complexity index is 3480. The van der Waals surface area contributed by atoms with Crippen LogP contribution in [0, 0.1) is 5.92 Å². The SMILES string of the molecule is CC1C=C(n2c3ccccc3c3cc(N(c4ccc5c(c4)oc4ccccc45)c4ccccc4-c4cccc5cccc(-c6cc(C(C)(C)C)cc(C(C)(C)C)c6)c45)ccc32)C=CC1. The monoisotopic (exact) mass is 830 g/mol. The quantitative estimate of drug-likeness (QED) is 0.166. The zero-order valence-electron chi connectivity index (χ0n) is 37.9. The molecule has 2 aromatic heterocycles. The van der Waals surface area contributed by atoms with Crippen molar-refractivity contribution in [3.63, 3.8) is 0 Å². The largest absolute Gasteiger partial charge is 0.456 e. The Morgan fingerprint density at radius 3 is 1.92 bits per heavy atom. The number of rotatable bonds is 6. The van der Waals surface area contributed by atoms with Gasteiger partial charge < -0.3 is 13.9 Å². The van der Waals surface area contributed by atoms with E-state index in [1.54, 1.807) is 0 Å². The smallest absolute Gasteiger partial charge is 0.137 e. The lowest BCUT2D eigenvalue weighted by molar-refractivity contribution is 0.569. The minimum absolute atomic E-state index is 0.00660. The standard InChI is InChI=1S/C61H54N2O/c1-39-17-14-20-44(33-39)63-55-27-12-9-22-49(55)53-37-45(30-32-56(53)63)62(46-29-31-51-50-23-10-13-28-57(50)64-58(51)38-46)54-26-11-8-21-48(54)52-25-16-19-40-18-15-24-47(59(40)52)41-34-42(60(2,3)4)36-43(35-41)61(5,6)7/h8-16,18-39H,17H2,1-7H3. The second-order valence-electron chi connectivity index (χ2n) is 19.9. The molecule has 0 saturated heterocycles. The van der Waals surface area contributed by atoms with Gasteiger partial charge in [0.2, 0.25) is 0 Å². The minimum Gasteiger partial charge on any atom is -0.456 e. The molecule has 1 unspecified atom stereocenters. The Hall–Kier alpha value is -7.10. The van der Waals surface area contributed by atoms with E-state index in [0.717, 1.165) is 51.0 Å². The molecule has 11 rings (SSSR count). The van der Waals surface area contributed by atoms with Crippen LogP contribution in [-0.2, 0) is 10.8 Å². The molecule has 0 radical (unpaired) electrons. The van der Waals surface area contributed by atoms with E-state index < -0.39 is 0 Å². The van der Waals surface area contributed by atoms with Gasteiger partial charge in [0.25, 0.3) is 0 Å². The number of benzene rings is 8. The number of hydrogen-bond donors (Lipinski definition) is 0. The van der Waals surface area contributed by atoms with Gasteiger partial charge in [-0.05, 0) is 116 Å². The molecule has 0 amide bonds. The minimum atomic E-state index is -0.00660. The normalized spacial score (nSPS) is 14.6. The molecule has 0 aliphatic heterocycles. The van der Waals surface area contributed by atoms with Crippen LogP contribution in [0.1, 0.15) is 66.0 Å². The van der Waals surface area contributed by atoms with Crippen molar-refractivity contribution in [1.29, 1.82) is 0 Å². The highest BCUT2D eigenvalue weighted by molar-refractivity contribution is 6.13. The molecule has 0 bridgehead atoms. The highest BCUT2D eigenvalue weighted by Crippen LogP contribution is 2.48. The number of allylic oxidation sites excluding steroid dienone is 4. The van der Waals surface area contributed by atoms with Crippen molar-refractivity contribution in [3.8, 4) is 22.3 Å². The van der Waals surface area contributed by atoms with Gasteiger partial charge in [0, 0.05) is 50.2 Å². The predicted molar refractivity (Wildman–Crippen MR) is 274 cm³/mol. The Morgan fingerprint density at radius 2 is 1.16 bits per heavy atom. The van der Waals surface area contributed by atoms with Crippen molar-refractivity contribution >= 4 is 77.3 Å². The first kappa shape index (κ1) is 39.7. The highest BCUT2D eigenvalue weighted by atomic mass is 16.3. The average Bonchev–Trinajstić information content (AvgIpc) is 3.83. The third kappa shape index (κ3) is 6.73. The molecule has 3 heteroatoms. The summed E-state index contributed by atoms with van der Waals surface area (Å²) in [5, 5.41) is 7.15. The molecule has 314 valence electrons. The van der Waals surface area contributed by atoms with E-state index in [1.165, 1.54) is 66.1 Å². The molecule has 1 atom stereocenters. The van der Waals surface area contributed by atoms with E-state index in [9.17, 15) is 0 Å². The molecular formula is C61H54N2O. The van der Waals surface area contributed by atoms with Gasteiger partial charge in [0.05, 0.1) is 16.7 Å². The third-order valence-electron chi connectivity index (χ3n) is 13.4. The first-order valence-corrected chi connectivity index (χ1v) is 22.8. The lowest BCUT2D eigenvalue weighted by Crippen LogP contribution is -2.16. The molecule has 1 aliphatic rings. The van der Waals surface area contributed by atoms with E-state index in [-0.39, 0.29) is 10.8 Å². The summed E-state index contributed by atoms with van der Waals surface area (Å²) >= 11 is 0. The van der Waals surface area contributed by atoms with Gasteiger partial charge in [-0.2, -0.15) is 0 Å². The molecule has 0 fully saturated rings. The fourth-order valence-corrected chi connectivity index (χ4v) is 9.98. The number of anilines is 3. The fraction of sp³-hybridized carbons (Fsp3) is 0.180. The van der Waals surface area contributed by atoms with Gasteiger partial charge in [-0.25, -0.2) is 0 Å². The number of fused-ring (bicyclic) bond motifs is 7. The summed E-state index contributed by atoms with van der Waals surface area (Å²) in [7, 11) is 0. The molecular weight excluding hydrogens is 777 g/mol. The van der Waals surface area contributed by atoms with E-state index in [4.69, 9.17) is 4.42 Å². The van der Waals surface area contributed by atoms with Crippen LogP contribution in [0.25, 0.3) is 82.5 Å². The van der Waals surface area contributed by atoms with Crippen LogP contribution in [0.4, 0.5) is 17.1 Å². The number of furan rings is 1. The van der Waals surface area contributed by atoms with Crippen molar-refractivity contribution in [1.82, 2.24) is 4.57 Å². The molecule has 2 heterocycles. The maximum absolute atomic E-state index is 6.58. The van der Waals surface area contributed by atoms with Gasteiger partial charge >= 0.3 is 0 Å². The maximum Gasteiger partial charge on any atom is 0.137 e. The molecule has 8 aromatic carbocycles. The molecule has 0 spiro atoms. The average molecular weight is 831 g/mol. The van der Waals surface area contributed by atoms with Crippen LogP contribution in [0.5, 0.6) is 0 Å². The second-order valence-corrected chi connectivity index (χ2v) is 19.9. The second kappa shape index (κ2) is 15.0. The topological polar surface area (TPSA) is 21.3 Å². The first-order chi connectivity index (χ1) is 30.9. The van der Waals surface area contributed by atoms with E-state index in [1.807, 2.05) is 6.07 Å². The van der Waals surface area contributed by atoms with E-state index in [0.29, 0.717) is 5.92 Å². The Morgan fingerprint density at radius 1 is 0.531 bits per heavy atom. The fourth-order valence-electron chi connectivity index (χ4n) is 9.98. The molecule has 10 aromatic rings. The molecule has 64 heavy (non-hydrogen) atoms. The Labute approximate surface area is 376 Å². The highest BCUT2D eigenvalue weighted by Gasteiger charge is 2.25. The number of hydrogen-bond acceptors (Lipinski definition) is 2. The van der Waals surface area contributed by atoms with Gasteiger partial charge in [-0.15, -0.1) is 0 Å². The third-order valence-corrected chi connectivity index (χ3v) is 13.4. The zero-order valence-corrected chi connectivity index (χ0v) is 37.9. The summed E-state index contributed by atoms with van der Waals surface area (Å²) in [5.41, 5.74) is 16.1. The summed E-state index contributed by atoms with van der Waals surface area (Å²) in [4.78, 5) is 2.44. The first-order valence-electron chi connectivity index (χ1n) is 22.8. The molecule has 0 N–H and O–H groups in total. The van der Waals surface area contributed by atoms with Crippen molar-refractivity contribution < 1.29 is 4.42 Å². The van der Waals surface area contributed by atoms with Gasteiger partial charge in [-0.3, -0.25) is 0 Å². The van der Waals surface area contributed by atoms with Crippen LogP contribution < -0.4 is 4.90 Å². The zero-order chi connectivity index (χ0) is 43.9. The lowest BCUT2D eigenvalue weighted by atomic mass is 9.78. The Kier molecular flexibility index (Phi) is 9.33. The van der Waals surface area contributed by atoms with Gasteiger partial charge in [0.15, 0.2) is 0 Å². The van der Waals surface area contributed by atoms with Crippen LogP contribution in [0.2, 0.25) is 0 Å². The molecule has 0 saturated carbocycles. The van der Waals surface area contributed by atoms with Crippen LogP contribution in [0.15, 0.2) is 186 Å². The van der Waals surface area contributed by atoms with Gasteiger partial charge in [0.1, 0.15) is 11.2 Å². The van der Waals surface area contributed by atoms with Crippen molar-refractivity contribution in [3.05, 3.63) is 193 Å². The van der Waals surface area contributed by atoms with Crippen LogP contribution >= 0.6 is 0 Å². The van der Waals surface area contributed by atoms with Crippen molar-refractivity contribution in [2.24, 2.45) is 5.92 Å². The van der Waals surface area contributed by atoms with E-state index >= 15 is 0 Å². The van der Waals surface area contributed by atoms with Crippen molar-refractivity contribution in [2.75, 3.05) is 4.90 Å². The summed E-state index contributed by atoms with van der Waals surface area (Å²) in [6.07, 6.45) is 8.07. The number of para-hydroxylation sites is 3. The summed E-state index contributed by atoms with van der Waals surface area (Å²) in [6.45, 7) is 16.2. The number of nitrogens with zero attached hydrogens (tertiary/aromatic N) is 2. The number of aromatic nitrogens is 1. The predicted octanol–water partition coefficient (Wildman–Crippen LogP) is 17.7. The Balaban J connectivity index is 1.17. The van der Waals surface area contributed by atoms with E-state index in [2.05, 4.69) is 234 Å². The summed E-state index contributed by atoms with van der Waals surface area (Å²) < 4.78 is 9.02. The van der Waals surface area contributed by atoms with Crippen molar-refractivity contribution in [2.45, 2.75) is 65.7 Å². The van der Waals surface area contributed by atoms with Crippen LogP contribution in [0.3, 0.4) is 0 Å². The molecule has 3 nitrogen and oxygen atoms in total. The van der Waals surface area contributed by atoms with Gasteiger partial charge in [-0.1, -0.05) is 170 Å². The van der Waals surface area contributed by atoms with Crippen LogP contribution in [-0.4, -0.2) is 4.57 Å².